The molecule has 1 amide bonds. The number of aromatic nitrogens is 1. The molecule has 0 spiro atoms. The largest absolute Gasteiger partial charge is 0.465 e. The van der Waals surface area contributed by atoms with Crippen molar-refractivity contribution in [3.05, 3.63) is 76.2 Å². The molecule has 0 aliphatic carbocycles. The zero-order valence-corrected chi connectivity index (χ0v) is 13.8. The smallest absolute Gasteiger partial charge is 0.339 e. The number of carbonyl (C=O) groups is 2. The van der Waals surface area contributed by atoms with Crippen molar-refractivity contribution in [2.24, 2.45) is 7.05 Å². The average molecular weight is 336 g/mol. The van der Waals surface area contributed by atoms with E-state index in [2.05, 4.69) is 5.32 Å². The minimum atomic E-state index is -0.541. The van der Waals surface area contributed by atoms with Crippen LogP contribution in [0.15, 0.2) is 59.5 Å². The molecule has 1 aromatic heterocycles. The maximum atomic E-state index is 12.8. The number of hydrogen-bond donors (Lipinski definition) is 1. The van der Waals surface area contributed by atoms with Crippen LogP contribution in [-0.4, -0.2) is 23.6 Å². The van der Waals surface area contributed by atoms with Crippen molar-refractivity contribution < 1.29 is 14.3 Å². The van der Waals surface area contributed by atoms with Crippen LogP contribution in [0, 0.1) is 0 Å². The number of nitrogens with zero attached hydrogens (tertiary/aromatic N) is 1. The van der Waals surface area contributed by atoms with Crippen LogP contribution in [0.1, 0.15) is 20.7 Å². The summed E-state index contributed by atoms with van der Waals surface area (Å²) in [6.45, 7) is 0. The number of benzene rings is 2. The molecule has 0 aliphatic heterocycles. The topological polar surface area (TPSA) is 77.4 Å². The van der Waals surface area contributed by atoms with E-state index in [1.54, 1.807) is 55.6 Å². The highest BCUT2D eigenvalue weighted by atomic mass is 16.5. The first-order valence-electron chi connectivity index (χ1n) is 7.60. The molecule has 0 atom stereocenters. The second-order valence-electron chi connectivity index (χ2n) is 5.50. The summed E-state index contributed by atoms with van der Waals surface area (Å²) < 4.78 is 6.10. The van der Waals surface area contributed by atoms with E-state index in [9.17, 15) is 14.4 Å². The van der Waals surface area contributed by atoms with Gasteiger partial charge < -0.3 is 14.6 Å². The molecule has 25 heavy (non-hydrogen) atoms. The molecule has 0 aliphatic rings. The van der Waals surface area contributed by atoms with E-state index in [1.807, 2.05) is 0 Å². The Bertz CT molecular complexity index is 1040. The van der Waals surface area contributed by atoms with Crippen molar-refractivity contribution in [2.75, 3.05) is 12.4 Å². The monoisotopic (exact) mass is 336 g/mol. The van der Waals surface area contributed by atoms with E-state index in [0.29, 0.717) is 22.0 Å². The summed E-state index contributed by atoms with van der Waals surface area (Å²) in [5.41, 5.74) is 0.768. The van der Waals surface area contributed by atoms with Crippen LogP contribution < -0.4 is 10.9 Å². The summed E-state index contributed by atoms with van der Waals surface area (Å²) in [6.07, 6.45) is 1.49. The lowest BCUT2D eigenvalue weighted by Gasteiger charge is -2.12. The fraction of sp³-hybridized carbons (Fsp3) is 0.105. The molecule has 1 heterocycles. The van der Waals surface area contributed by atoms with E-state index < -0.39 is 11.9 Å². The second-order valence-corrected chi connectivity index (χ2v) is 5.50. The van der Waals surface area contributed by atoms with Crippen molar-refractivity contribution in [2.45, 2.75) is 0 Å². The minimum Gasteiger partial charge on any atom is -0.465 e. The second kappa shape index (κ2) is 6.60. The number of ether oxygens (including phenoxy) is 1. The van der Waals surface area contributed by atoms with Crippen molar-refractivity contribution in [3.8, 4) is 0 Å². The number of fused-ring (bicyclic) bond motifs is 1. The maximum absolute atomic E-state index is 12.8. The first kappa shape index (κ1) is 16.4. The van der Waals surface area contributed by atoms with Gasteiger partial charge in [0.05, 0.1) is 23.9 Å². The number of anilines is 1. The highest BCUT2D eigenvalue weighted by Crippen LogP contribution is 2.20. The Morgan fingerprint density at radius 3 is 2.32 bits per heavy atom. The number of aryl methyl sites for hydroxylation is 1. The lowest BCUT2D eigenvalue weighted by molar-refractivity contribution is 0.0602. The zero-order chi connectivity index (χ0) is 18.0. The van der Waals surface area contributed by atoms with E-state index in [-0.39, 0.29) is 11.1 Å². The Morgan fingerprint density at radius 1 is 0.960 bits per heavy atom. The summed E-state index contributed by atoms with van der Waals surface area (Å²) in [6, 6.07) is 13.5. The summed E-state index contributed by atoms with van der Waals surface area (Å²) in [5.74, 6) is -0.954. The molecular formula is C19H16N2O4. The molecule has 0 bridgehead atoms. The third kappa shape index (κ3) is 3.01. The Labute approximate surface area is 143 Å². The molecule has 6 nitrogen and oxygen atoms in total. The first-order chi connectivity index (χ1) is 12.0. The van der Waals surface area contributed by atoms with Gasteiger partial charge in [0.25, 0.3) is 11.5 Å². The maximum Gasteiger partial charge on any atom is 0.339 e. The molecule has 6 heteroatoms. The van der Waals surface area contributed by atoms with E-state index in [1.165, 1.54) is 17.9 Å². The van der Waals surface area contributed by atoms with Gasteiger partial charge in [-0.1, -0.05) is 30.3 Å². The number of carbonyl (C=O) groups excluding carboxylic acids is 2. The number of methoxy groups -OCH3 is 1. The fourth-order valence-electron chi connectivity index (χ4n) is 2.67. The molecule has 2 aromatic carbocycles. The summed E-state index contributed by atoms with van der Waals surface area (Å²) >= 11 is 0. The van der Waals surface area contributed by atoms with Gasteiger partial charge in [0.1, 0.15) is 0 Å². The molecule has 3 aromatic rings. The highest BCUT2D eigenvalue weighted by Gasteiger charge is 2.17. The van der Waals surface area contributed by atoms with Gasteiger partial charge in [-0.25, -0.2) is 4.79 Å². The van der Waals surface area contributed by atoms with Gasteiger partial charge in [0.15, 0.2) is 0 Å². The number of hydrogen-bond acceptors (Lipinski definition) is 4. The number of esters is 1. The van der Waals surface area contributed by atoms with Gasteiger partial charge in [0.2, 0.25) is 0 Å². The van der Waals surface area contributed by atoms with Gasteiger partial charge in [-0.05, 0) is 18.2 Å². The van der Waals surface area contributed by atoms with Gasteiger partial charge in [-0.3, -0.25) is 9.59 Å². The van der Waals surface area contributed by atoms with Gasteiger partial charge in [-0.2, -0.15) is 0 Å². The summed E-state index contributed by atoms with van der Waals surface area (Å²) in [5, 5.41) is 3.74. The zero-order valence-electron chi connectivity index (χ0n) is 13.8. The molecule has 1 N–H and O–H groups in total. The number of amides is 1. The lowest BCUT2D eigenvalue weighted by atomic mass is 10.1. The van der Waals surface area contributed by atoms with Crippen LogP contribution in [-0.2, 0) is 11.8 Å². The fourth-order valence-corrected chi connectivity index (χ4v) is 2.67. The van der Waals surface area contributed by atoms with E-state index in [4.69, 9.17) is 4.74 Å². The molecule has 0 unspecified atom stereocenters. The predicted molar refractivity (Wildman–Crippen MR) is 94.9 cm³/mol. The van der Waals surface area contributed by atoms with Crippen molar-refractivity contribution >= 4 is 28.3 Å². The van der Waals surface area contributed by atoms with Crippen LogP contribution in [0.25, 0.3) is 10.8 Å². The number of rotatable bonds is 3. The van der Waals surface area contributed by atoms with Crippen LogP contribution in [0.4, 0.5) is 5.69 Å². The van der Waals surface area contributed by atoms with Crippen molar-refractivity contribution in [1.82, 2.24) is 4.57 Å². The molecular weight excluding hydrogens is 320 g/mol. The van der Waals surface area contributed by atoms with Crippen molar-refractivity contribution in [1.29, 1.82) is 0 Å². The van der Waals surface area contributed by atoms with E-state index in [0.717, 1.165) is 0 Å². The Morgan fingerprint density at radius 2 is 1.60 bits per heavy atom. The van der Waals surface area contributed by atoms with Crippen LogP contribution in [0.3, 0.4) is 0 Å². The predicted octanol–water partition coefficient (Wildman–Crippen LogP) is 2.58. The van der Waals surface area contributed by atoms with Gasteiger partial charge in [-0.15, -0.1) is 0 Å². The lowest BCUT2D eigenvalue weighted by Crippen LogP contribution is -2.22. The molecule has 0 saturated carbocycles. The van der Waals surface area contributed by atoms with E-state index >= 15 is 0 Å². The summed E-state index contributed by atoms with van der Waals surface area (Å²) in [7, 11) is 2.87. The Balaban J connectivity index is 2.07. The SMILES string of the molecule is COC(=O)c1ccccc1NC(=O)c1cn(C)c(=O)c2ccccc12. The minimum absolute atomic E-state index is 0.179. The normalized spacial score (nSPS) is 10.5. The number of nitrogens with one attached hydrogen (secondary N) is 1. The van der Waals surface area contributed by atoms with Gasteiger partial charge >= 0.3 is 5.97 Å². The van der Waals surface area contributed by atoms with Crippen LogP contribution in [0.5, 0.6) is 0 Å². The van der Waals surface area contributed by atoms with Crippen LogP contribution >= 0.6 is 0 Å². The number of pyridine rings is 1. The summed E-state index contributed by atoms with van der Waals surface area (Å²) in [4.78, 5) is 36.8. The molecule has 0 fully saturated rings. The molecule has 3 rings (SSSR count). The molecule has 126 valence electrons. The molecule has 0 saturated heterocycles. The first-order valence-corrected chi connectivity index (χ1v) is 7.60. The Hall–Kier alpha value is -3.41. The Kier molecular flexibility index (Phi) is 4.35. The highest BCUT2D eigenvalue weighted by molar-refractivity contribution is 6.14. The third-order valence-electron chi connectivity index (χ3n) is 3.92. The van der Waals surface area contributed by atoms with Crippen molar-refractivity contribution in [3.63, 3.8) is 0 Å². The van der Waals surface area contributed by atoms with Crippen LogP contribution in [0.2, 0.25) is 0 Å². The molecule has 0 radical (unpaired) electrons. The number of para-hydroxylation sites is 1. The quantitative estimate of drug-likeness (QED) is 0.746. The third-order valence-corrected chi connectivity index (χ3v) is 3.92. The van der Waals surface area contributed by atoms with Gasteiger partial charge in [0, 0.05) is 24.0 Å². The average Bonchev–Trinajstić information content (AvgIpc) is 2.64. The standard InChI is InChI=1S/C19H16N2O4/c1-21-11-15(12-7-3-4-8-13(12)18(21)23)17(22)20-16-10-6-5-9-14(16)19(24)25-2/h3-11H,1-2H3,(H,20,22).